The van der Waals surface area contributed by atoms with Crippen LogP contribution in [0.2, 0.25) is 0 Å². The van der Waals surface area contributed by atoms with Gasteiger partial charge in [0.15, 0.2) is 0 Å². The van der Waals surface area contributed by atoms with E-state index in [9.17, 15) is 10.1 Å². The van der Waals surface area contributed by atoms with Gasteiger partial charge in [0.25, 0.3) is 5.69 Å². The number of non-ortho nitro benzene ring substituents is 1. The highest BCUT2D eigenvalue weighted by Crippen LogP contribution is 2.26. The maximum absolute atomic E-state index is 10.7. The van der Waals surface area contributed by atoms with Crippen LogP contribution >= 0.6 is 0 Å². The maximum Gasteiger partial charge on any atom is 0.269 e. The molecule has 1 saturated heterocycles. The Bertz CT molecular complexity index is 619. The lowest BCUT2D eigenvalue weighted by atomic mass is 10.1. The van der Waals surface area contributed by atoms with Crippen LogP contribution in [-0.4, -0.2) is 29.5 Å². The summed E-state index contributed by atoms with van der Waals surface area (Å²) in [6.07, 6.45) is 5.43. The van der Waals surface area contributed by atoms with E-state index in [0.717, 1.165) is 24.5 Å². The van der Waals surface area contributed by atoms with Crippen molar-refractivity contribution in [3.05, 3.63) is 58.5 Å². The van der Waals surface area contributed by atoms with Gasteiger partial charge in [-0.05, 0) is 50.2 Å². The predicted molar refractivity (Wildman–Crippen MR) is 88.5 cm³/mol. The minimum Gasteiger partial charge on any atom is -0.468 e. The lowest BCUT2D eigenvalue weighted by Gasteiger charge is -2.33. The van der Waals surface area contributed by atoms with Gasteiger partial charge >= 0.3 is 0 Å². The smallest absolute Gasteiger partial charge is 0.269 e. The van der Waals surface area contributed by atoms with Crippen LogP contribution < -0.4 is 5.32 Å². The van der Waals surface area contributed by atoms with Crippen molar-refractivity contribution in [1.82, 2.24) is 4.90 Å². The molecule has 1 aromatic carbocycles. The summed E-state index contributed by atoms with van der Waals surface area (Å²) < 4.78 is 5.62. The van der Waals surface area contributed by atoms with Crippen molar-refractivity contribution in [2.24, 2.45) is 0 Å². The van der Waals surface area contributed by atoms with Gasteiger partial charge in [-0.1, -0.05) is 6.42 Å². The Hall–Kier alpha value is -2.34. The molecule has 0 aliphatic carbocycles. The van der Waals surface area contributed by atoms with Crippen LogP contribution in [0.5, 0.6) is 0 Å². The fourth-order valence-electron chi connectivity index (χ4n) is 3.04. The van der Waals surface area contributed by atoms with Gasteiger partial charge in [0.05, 0.1) is 17.2 Å². The van der Waals surface area contributed by atoms with E-state index in [1.165, 1.54) is 31.4 Å². The minimum atomic E-state index is -0.386. The summed E-state index contributed by atoms with van der Waals surface area (Å²) in [5, 5.41) is 14.1. The number of nitrogens with one attached hydrogen (secondary N) is 1. The molecule has 2 heterocycles. The van der Waals surface area contributed by atoms with Crippen molar-refractivity contribution in [2.75, 3.05) is 25.0 Å². The lowest BCUT2D eigenvalue weighted by Crippen LogP contribution is -2.37. The summed E-state index contributed by atoms with van der Waals surface area (Å²) in [7, 11) is 0. The third kappa shape index (κ3) is 3.90. The molecule has 0 spiro atoms. The monoisotopic (exact) mass is 315 g/mol. The Labute approximate surface area is 135 Å². The van der Waals surface area contributed by atoms with E-state index in [1.807, 2.05) is 12.1 Å². The van der Waals surface area contributed by atoms with Crippen molar-refractivity contribution >= 4 is 11.4 Å². The van der Waals surface area contributed by atoms with E-state index in [4.69, 9.17) is 4.42 Å². The first-order chi connectivity index (χ1) is 11.2. The standard InChI is InChI=1S/C17H21N3O3/c21-20(22)15-8-6-14(7-9-15)18-13-16(17-5-4-12-23-17)19-10-2-1-3-11-19/h4-9,12,16,18H,1-3,10-11,13H2. The highest BCUT2D eigenvalue weighted by molar-refractivity contribution is 5.48. The second-order valence-electron chi connectivity index (χ2n) is 5.81. The summed E-state index contributed by atoms with van der Waals surface area (Å²) >= 11 is 0. The third-order valence-corrected chi connectivity index (χ3v) is 4.28. The quantitative estimate of drug-likeness (QED) is 0.648. The third-order valence-electron chi connectivity index (χ3n) is 4.28. The fraction of sp³-hybridized carbons (Fsp3) is 0.412. The number of rotatable bonds is 6. The summed E-state index contributed by atoms with van der Waals surface area (Å²) in [6.45, 7) is 2.87. The minimum absolute atomic E-state index is 0.106. The SMILES string of the molecule is O=[N+]([O-])c1ccc(NCC(c2ccco2)N2CCCCC2)cc1. The number of benzene rings is 1. The number of hydrogen-bond donors (Lipinski definition) is 1. The molecular formula is C17H21N3O3. The van der Waals surface area contributed by atoms with Gasteiger partial charge < -0.3 is 9.73 Å². The first kappa shape index (κ1) is 15.6. The molecule has 6 heteroatoms. The van der Waals surface area contributed by atoms with Crippen LogP contribution in [0.25, 0.3) is 0 Å². The molecule has 122 valence electrons. The Morgan fingerprint density at radius 1 is 1.17 bits per heavy atom. The first-order valence-corrected chi connectivity index (χ1v) is 8.00. The number of anilines is 1. The van der Waals surface area contributed by atoms with Crippen LogP contribution in [-0.2, 0) is 0 Å². The number of likely N-dealkylation sites (tertiary alicyclic amines) is 1. The number of nitro benzene ring substituents is 1. The van der Waals surface area contributed by atoms with Gasteiger partial charge in [0.2, 0.25) is 0 Å². The average molecular weight is 315 g/mol. The lowest BCUT2D eigenvalue weighted by molar-refractivity contribution is -0.384. The largest absolute Gasteiger partial charge is 0.468 e. The molecule has 6 nitrogen and oxygen atoms in total. The molecule has 0 amide bonds. The Morgan fingerprint density at radius 3 is 2.52 bits per heavy atom. The summed E-state index contributed by atoms with van der Waals surface area (Å²) in [5.41, 5.74) is 0.985. The molecule has 0 bridgehead atoms. The molecule has 1 unspecified atom stereocenters. The van der Waals surface area contributed by atoms with Crippen LogP contribution in [0.1, 0.15) is 31.1 Å². The van der Waals surface area contributed by atoms with Crippen molar-refractivity contribution in [3.8, 4) is 0 Å². The van der Waals surface area contributed by atoms with E-state index in [2.05, 4.69) is 10.2 Å². The Balaban J connectivity index is 1.67. The zero-order chi connectivity index (χ0) is 16.1. The second-order valence-corrected chi connectivity index (χ2v) is 5.81. The molecule has 1 fully saturated rings. The van der Waals surface area contributed by atoms with Gasteiger partial charge in [-0.2, -0.15) is 0 Å². The molecular weight excluding hydrogens is 294 g/mol. The summed E-state index contributed by atoms with van der Waals surface area (Å²) in [6, 6.07) is 10.6. The maximum atomic E-state index is 10.7. The van der Waals surface area contributed by atoms with Gasteiger partial charge in [0, 0.05) is 24.4 Å². The molecule has 1 N–H and O–H groups in total. The highest BCUT2D eigenvalue weighted by Gasteiger charge is 2.24. The molecule has 1 aliphatic rings. The van der Waals surface area contributed by atoms with E-state index in [1.54, 1.807) is 18.4 Å². The number of nitrogens with zero attached hydrogens (tertiary/aromatic N) is 2. The zero-order valence-electron chi connectivity index (χ0n) is 13.0. The molecule has 1 aliphatic heterocycles. The van der Waals surface area contributed by atoms with Crippen molar-refractivity contribution < 1.29 is 9.34 Å². The van der Waals surface area contributed by atoms with Gasteiger partial charge in [-0.15, -0.1) is 0 Å². The van der Waals surface area contributed by atoms with Gasteiger partial charge in [-0.3, -0.25) is 15.0 Å². The van der Waals surface area contributed by atoms with E-state index < -0.39 is 0 Å². The second kappa shape index (κ2) is 7.28. The molecule has 1 atom stereocenters. The molecule has 3 rings (SSSR count). The van der Waals surface area contributed by atoms with Crippen LogP contribution in [0.3, 0.4) is 0 Å². The van der Waals surface area contributed by atoms with Crippen molar-refractivity contribution in [2.45, 2.75) is 25.3 Å². The van der Waals surface area contributed by atoms with Crippen LogP contribution in [0.15, 0.2) is 47.1 Å². The molecule has 2 aromatic rings. The highest BCUT2D eigenvalue weighted by atomic mass is 16.6. The summed E-state index contributed by atoms with van der Waals surface area (Å²) in [5.74, 6) is 0.960. The number of nitro groups is 1. The zero-order valence-corrected chi connectivity index (χ0v) is 13.0. The number of piperidine rings is 1. The van der Waals surface area contributed by atoms with Gasteiger partial charge in [0.1, 0.15) is 5.76 Å². The fourth-order valence-corrected chi connectivity index (χ4v) is 3.04. The normalized spacial score (nSPS) is 16.9. The first-order valence-electron chi connectivity index (χ1n) is 8.00. The molecule has 1 aromatic heterocycles. The Morgan fingerprint density at radius 2 is 1.91 bits per heavy atom. The Kier molecular flexibility index (Phi) is 4.92. The topological polar surface area (TPSA) is 71.5 Å². The molecule has 0 radical (unpaired) electrons. The van der Waals surface area contributed by atoms with Crippen molar-refractivity contribution in [1.29, 1.82) is 0 Å². The van der Waals surface area contributed by atoms with E-state index >= 15 is 0 Å². The van der Waals surface area contributed by atoms with Crippen LogP contribution in [0, 0.1) is 10.1 Å². The van der Waals surface area contributed by atoms with Crippen LogP contribution in [0.4, 0.5) is 11.4 Å². The van der Waals surface area contributed by atoms with Gasteiger partial charge in [-0.25, -0.2) is 0 Å². The predicted octanol–water partition coefficient (Wildman–Crippen LogP) is 3.83. The average Bonchev–Trinajstić information content (AvgIpc) is 3.11. The summed E-state index contributed by atoms with van der Waals surface area (Å²) in [4.78, 5) is 12.8. The molecule has 0 saturated carbocycles. The van der Waals surface area contributed by atoms with E-state index in [0.29, 0.717) is 6.54 Å². The number of hydrogen-bond acceptors (Lipinski definition) is 5. The molecule has 23 heavy (non-hydrogen) atoms. The number of furan rings is 1. The van der Waals surface area contributed by atoms with E-state index in [-0.39, 0.29) is 16.7 Å². The van der Waals surface area contributed by atoms with Crippen molar-refractivity contribution in [3.63, 3.8) is 0 Å².